The molecule has 1 N–H and O–H groups in total. The van der Waals surface area contributed by atoms with E-state index in [0.29, 0.717) is 19.0 Å². The molecular weight excluding hydrogens is 272 g/mol. The zero-order valence-corrected chi connectivity index (χ0v) is 11.5. The minimum atomic E-state index is 0.148. The topological polar surface area (TPSA) is 64.1 Å². The number of aliphatic hydroxyl groups is 1. The van der Waals surface area contributed by atoms with Crippen LogP contribution < -0.4 is 14.2 Å². The Morgan fingerprint density at radius 2 is 2.00 bits per heavy atom. The highest BCUT2D eigenvalue weighted by Crippen LogP contribution is 2.37. The van der Waals surface area contributed by atoms with Gasteiger partial charge in [0.2, 0.25) is 12.7 Å². The van der Waals surface area contributed by atoms with Crippen LogP contribution in [0.2, 0.25) is 0 Å². The molecule has 0 aliphatic carbocycles. The van der Waals surface area contributed by atoms with Gasteiger partial charge in [0.25, 0.3) is 0 Å². The molecule has 21 heavy (non-hydrogen) atoms. The van der Waals surface area contributed by atoms with Crippen molar-refractivity contribution in [2.24, 2.45) is 0 Å². The summed E-state index contributed by atoms with van der Waals surface area (Å²) < 4.78 is 16.5. The highest BCUT2D eigenvalue weighted by atomic mass is 16.7. The summed E-state index contributed by atoms with van der Waals surface area (Å²) in [5.74, 6) is 2.15. The summed E-state index contributed by atoms with van der Waals surface area (Å²) in [6.45, 7) is 3.14. The molecule has 6 nitrogen and oxygen atoms in total. The summed E-state index contributed by atoms with van der Waals surface area (Å²) in [4.78, 5) is 6.76. The largest absolute Gasteiger partial charge is 0.476 e. The molecule has 2 aromatic rings. The summed E-state index contributed by atoms with van der Waals surface area (Å²) in [6.07, 6.45) is 0. The van der Waals surface area contributed by atoms with Crippen LogP contribution in [0.15, 0.2) is 18.2 Å². The van der Waals surface area contributed by atoms with Crippen LogP contribution in [0.25, 0.3) is 10.9 Å². The second-order valence-corrected chi connectivity index (χ2v) is 5.20. The minimum absolute atomic E-state index is 0.148. The standard InChI is InChI=1S/C15H16N2O4/c18-3-1-17-2-4-19-15-11(8-17)5-10-6-13-14(21-9-20-13)7-12(10)16-15/h5-7,18H,1-4,8-9H2. The Bertz CT molecular complexity index is 689. The molecule has 2 aliphatic heterocycles. The number of hydrogen-bond donors (Lipinski definition) is 1. The molecular formula is C15H16N2O4. The SMILES string of the molecule is OCCN1CCOc2nc3cc4c(cc3cc2C1)OCO4. The quantitative estimate of drug-likeness (QED) is 0.894. The van der Waals surface area contributed by atoms with Gasteiger partial charge < -0.3 is 19.3 Å². The van der Waals surface area contributed by atoms with E-state index in [1.165, 1.54) is 0 Å². The van der Waals surface area contributed by atoms with Gasteiger partial charge in [-0.3, -0.25) is 4.90 Å². The maximum Gasteiger partial charge on any atom is 0.231 e. The molecule has 1 aromatic heterocycles. The van der Waals surface area contributed by atoms with Gasteiger partial charge >= 0.3 is 0 Å². The van der Waals surface area contributed by atoms with E-state index in [1.54, 1.807) is 0 Å². The zero-order chi connectivity index (χ0) is 14.2. The third-order valence-electron chi connectivity index (χ3n) is 3.80. The summed E-state index contributed by atoms with van der Waals surface area (Å²) in [5, 5.41) is 10.1. The second-order valence-electron chi connectivity index (χ2n) is 5.20. The van der Waals surface area contributed by atoms with Crippen molar-refractivity contribution in [1.82, 2.24) is 9.88 Å². The van der Waals surface area contributed by atoms with Crippen molar-refractivity contribution >= 4 is 10.9 Å². The van der Waals surface area contributed by atoms with Crippen molar-refractivity contribution in [1.29, 1.82) is 0 Å². The molecule has 0 fully saturated rings. The van der Waals surface area contributed by atoms with Crippen LogP contribution in [0.3, 0.4) is 0 Å². The molecule has 0 saturated heterocycles. The summed E-state index contributed by atoms with van der Waals surface area (Å²) in [5.41, 5.74) is 1.88. The monoisotopic (exact) mass is 288 g/mol. The van der Waals surface area contributed by atoms with E-state index < -0.39 is 0 Å². The predicted molar refractivity (Wildman–Crippen MR) is 75.7 cm³/mol. The summed E-state index contributed by atoms with van der Waals surface area (Å²) in [7, 11) is 0. The van der Waals surface area contributed by atoms with Crippen molar-refractivity contribution in [3.8, 4) is 17.4 Å². The third-order valence-corrected chi connectivity index (χ3v) is 3.80. The summed E-state index contributed by atoms with van der Waals surface area (Å²) in [6, 6.07) is 5.92. The number of fused-ring (bicyclic) bond motifs is 3. The average Bonchev–Trinajstić information content (AvgIpc) is 2.83. The molecule has 110 valence electrons. The highest BCUT2D eigenvalue weighted by Gasteiger charge is 2.20. The molecule has 6 heteroatoms. The van der Waals surface area contributed by atoms with Gasteiger partial charge in [-0.25, -0.2) is 4.98 Å². The fourth-order valence-electron chi connectivity index (χ4n) is 2.75. The fraction of sp³-hybridized carbons (Fsp3) is 0.400. The van der Waals surface area contributed by atoms with E-state index in [2.05, 4.69) is 16.0 Å². The van der Waals surface area contributed by atoms with E-state index >= 15 is 0 Å². The van der Waals surface area contributed by atoms with Crippen molar-refractivity contribution in [2.45, 2.75) is 6.54 Å². The Kier molecular flexibility index (Phi) is 3.05. The molecule has 0 bridgehead atoms. The van der Waals surface area contributed by atoms with E-state index in [1.807, 2.05) is 12.1 Å². The Labute approximate surface area is 121 Å². The summed E-state index contributed by atoms with van der Waals surface area (Å²) >= 11 is 0. The van der Waals surface area contributed by atoms with Gasteiger partial charge in [0.05, 0.1) is 12.1 Å². The van der Waals surface area contributed by atoms with Gasteiger partial charge in [0.1, 0.15) is 6.61 Å². The Morgan fingerprint density at radius 3 is 2.86 bits per heavy atom. The number of ether oxygens (including phenoxy) is 3. The lowest BCUT2D eigenvalue weighted by molar-refractivity contribution is 0.174. The third kappa shape index (κ3) is 2.26. The highest BCUT2D eigenvalue weighted by molar-refractivity contribution is 5.84. The van der Waals surface area contributed by atoms with Gasteiger partial charge in [-0.05, 0) is 12.1 Å². The van der Waals surface area contributed by atoms with Crippen LogP contribution in [0.5, 0.6) is 17.4 Å². The number of rotatable bonds is 2. The van der Waals surface area contributed by atoms with E-state index in [-0.39, 0.29) is 13.4 Å². The average molecular weight is 288 g/mol. The molecule has 2 aliphatic rings. The van der Waals surface area contributed by atoms with E-state index in [9.17, 15) is 0 Å². The fourth-order valence-corrected chi connectivity index (χ4v) is 2.75. The van der Waals surface area contributed by atoms with Crippen molar-refractivity contribution in [3.63, 3.8) is 0 Å². The lowest BCUT2D eigenvalue weighted by Crippen LogP contribution is -2.28. The maximum absolute atomic E-state index is 9.11. The van der Waals surface area contributed by atoms with Crippen molar-refractivity contribution < 1.29 is 19.3 Å². The lowest BCUT2D eigenvalue weighted by atomic mass is 10.1. The van der Waals surface area contributed by atoms with Crippen LogP contribution in [-0.4, -0.2) is 48.1 Å². The first kappa shape index (κ1) is 12.7. The van der Waals surface area contributed by atoms with Gasteiger partial charge in [0, 0.05) is 36.7 Å². The van der Waals surface area contributed by atoms with Crippen molar-refractivity contribution in [3.05, 3.63) is 23.8 Å². The van der Waals surface area contributed by atoms with Crippen LogP contribution in [0.1, 0.15) is 5.56 Å². The predicted octanol–water partition coefficient (Wildman–Crippen LogP) is 1.15. The van der Waals surface area contributed by atoms with Crippen LogP contribution in [-0.2, 0) is 6.54 Å². The van der Waals surface area contributed by atoms with Crippen LogP contribution in [0, 0.1) is 0 Å². The van der Waals surface area contributed by atoms with Gasteiger partial charge in [-0.15, -0.1) is 0 Å². The maximum atomic E-state index is 9.11. The molecule has 0 spiro atoms. The Balaban J connectivity index is 1.77. The van der Waals surface area contributed by atoms with Crippen LogP contribution in [0.4, 0.5) is 0 Å². The first-order valence-corrected chi connectivity index (χ1v) is 7.03. The molecule has 0 unspecified atom stereocenters. The van der Waals surface area contributed by atoms with E-state index in [0.717, 1.165) is 41.1 Å². The Morgan fingerprint density at radius 1 is 1.14 bits per heavy atom. The molecule has 3 heterocycles. The van der Waals surface area contributed by atoms with E-state index in [4.69, 9.17) is 19.3 Å². The van der Waals surface area contributed by atoms with Gasteiger partial charge in [-0.2, -0.15) is 0 Å². The number of aromatic nitrogens is 1. The number of aliphatic hydroxyl groups excluding tert-OH is 1. The number of benzene rings is 1. The second kappa shape index (κ2) is 5.05. The molecule has 0 atom stereocenters. The molecule has 0 saturated carbocycles. The minimum Gasteiger partial charge on any atom is -0.476 e. The smallest absolute Gasteiger partial charge is 0.231 e. The number of pyridine rings is 1. The molecule has 4 rings (SSSR count). The normalized spacial score (nSPS) is 17.4. The molecule has 1 aromatic carbocycles. The number of nitrogens with zero attached hydrogens (tertiary/aromatic N) is 2. The first-order chi connectivity index (χ1) is 10.3. The molecule has 0 radical (unpaired) electrons. The zero-order valence-electron chi connectivity index (χ0n) is 11.5. The van der Waals surface area contributed by atoms with Gasteiger partial charge in [0.15, 0.2) is 11.5 Å². The number of β-amino-alcohol motifs (C(OH)–C–C–N with tert-alkyl or cyclic N) is 1. The number of hydrogen-bond acceptors (Lipinski definition) is 6. The lowest BCUT2D eigenvalue weighted by Gasteiger charge is -2.17. The van der Waals surface area contributed by atoms with Gasteiger partial charge in [-0.1, -0.05) is 0 Å². The van der Waals surface area contributed by atoms with Crippen molar-refractivity contribution in [2.75, 3.05) is 33.1 Å². The first-order valence-electron chi connectivity index (χ1n) is 7.03. The Hall–Kier alpha value is -2.05. The van der Waals surface area contributed by atoms with Crippen LogP contribution >= 0.6 is 0 Å². The molecule has 0 amide bonds.